The fraction of sp³-hybridized carbons (Fsp3) is 0.308. The highest BCUT2D eigenvalue weighted by Crippen LogP contribution is 2.26. The maximum atomic E-state index is 12.4. The van der Waals surface area contributed by atoms with Crippen LogP contribution in [0.15, 0.2) is 23.1 Å². The Kier molecular flexibility index (Phi) is 6.09. The fourth-order valence-corrected chi connectivity index (χ4v) is 4.21. The minimum absolute atomic E-state index is 0.00214. The molecule has 0 aliphatic heterocycles. The Morgan fingerprint density at radius 3 is 2.69 bits per heavy atom. The average molecular weight is 430 g/mol. The number of esters is 1. The van der Waals surface area contributed by atoms with Crippen molar-refractivity contribution in [3.05, 3.63) is 33.8 Å². The van der Waals surface area contributed by atoms with E-state index >= 15 is 0 Å². The van der Waals surface area contributed by atoms with E-state index in [0.717, 1.165) is 0 Å². The summed E-state index contributed by atoms with van der Waals surface area (Å²) in [4.78, 5) is 11.3. The molecule has 142 valence electrons. The first-order chi connectivity index (χ1) is 12.0. The minimum Gasteiger partial charge on any atom is -0.456 e. The van der Waals surface area contributed by atoms with E-state index in [1.54, 1.807) is 0 Å². The number of carbonyl (C=O) groups is 1. The van der Waals surface area contributed by atoms with Crippen molar-refractivity contribution >= 4 is 44.1 Å². The van der Waals surface area contributed by atoms with Crippen LogP contribution in [0.1, 0.15) is 10.6 Å². The molecular formula is C13H11ClF3N3O4S2. The van der Waals surface area contributed by atoms with Crippen molar-refractivity contribution in [2.24, 2.45) is 0 Å². The van der Waals surface area contributed by atoms with Crippen molar-refractivity contribution < 1.29 is 31.1 Å². The minimum atomic E-state index is -4.63. The van der Waals surface area contributed by atoms with E-state index in [9.17, 15) is 26.4 Å². The predicted octanol–water partition coefficient (Wildman–Crippen LogP) is 2.95. The normalized spacial score (nSPS) is 12.0. The van der Waals surface area contributed by atoms with Gasteiger partial charge in [-0.2, -0.15) is 13.2 Å². The molecule has 0 saturated carbocycles. The van der Waals surface area contributed by atoms with Crippen LogP contribution in [-0.2, 0) is 26.0 Å². The van der Waals surface area contributed by atoms with Crippen LogP contribution >= 0.6 is 22.9 Å². The van der Waals surface area contributed by atoms with Gasteiger partial charge in [0.1, 0.15) is 5.01 Å². The van der Waals surface area contributed by atoms with Gasteiger partial charge in [-0.15, -0.1) is 10.2 Å². The molecule has 1 aromatic carbocycles. The van der Waals surface area contributed by atoms with E-state index < -0.39 is 35.2 Å². The van der Waals surface area contributed by atoms with Crippen molar-refractivity contribution in [2.75, 3.05) is 11.3 Å². The van der Waals surface area contributed by atoms with Gasteiger partial charge >= 0.3 is 12.1 Å². The van der Waals surface area contributed by atoms with Crippen LogP contribution in [-0.4, -0.2) is 37.4 Å². The van der Waals surface area contributed by atoms with Gasteiger partial charge in [-0.25, -0.2) is 8.42 Å². The van der Waals surface area contributed by atoms with Crippen LogP contribution in [0.5, 0.6) is 0 Å². The number of sulfonamides is 1. The first kappa shape index (κ1) is 20.4. The summed E-state index contributed by atoms with van der Waals surface area (Å²) < 4.78 is 66.9. The zero-order valence-corrected chi connectivity index (χ0v) is 15.4. The SMILES string of the molecule is Cc1c(Cl)cccc1S(=O)(=O)Nc1nnc(CC(=O)OCC(F)(F)F)s1. The molecule has 1 aromatic heterocycles. The molecule has 0 spiro atoms. The average Bonchev–Trinajstić information content (AvgIpc) is 2.93. The second-order valence-electron chi connectivity index (χ2n) is 4.92. The van der Waals surface area contributed by atoms with Crippen LogP contribution in [0.2, 0.25) is 5.02 Å². The van der Waals surface area contributed by atoms with Crippen LogP contribution in [0.4, 0.5) is 18.3 Å². The molecule has 2 aromatic rings. The quantitative estimate of drug-likeness (QED) is 0.709. The lowest BCUT2D eigenvalue weighted by molar-refractivity contribution is -0.185. The molecule has 0 saturated heterocycles. The number of anilines is 1. The van der Waals surface area contributed by atoms with Gasteiger partial charge in [-0.3, -0.25) is 9.52 Å². The molecule has 0 amide bonds. The first-order valence-corrected chi connectivity index (χ1v) is 9.48. The van der Waals surface area contributed by atoms with Gasteiger partial charge in [-0.1, -0.05) is 29.0 Å². The molecular weight excluding hydrogens is 419 g/mol. The zero-order valence-electron chi connectivity index (χ0n) is 13.0. The summed E-state index contributed by atoms with van der Waals surface area (Å²) in [5, 5.41) is 7.22. The summed E-state index contributed by atoms with van der Waals surface area (Å²) in [6.45, 7) is -0.183. The van der Waals surface area contributed by atoms with Crippen LogP contribution in [0, 0.1) is 6.92 Å². The lowest BCUT2D eigenvalue weighted by atomic mass is 10.2. The standard InChI is InChI=1S/C13H11ClF3N3O4S2/c1-7-8(14)3-2-4-9(7)26(22,23)20-12-19-18-10(25-12)5-11(21)24-6-13(15,16)17/h2-4H,5-6H2,1H3,(H,19,20). The number of ether oxygens (including phenoxy) is 1. The summed E-state index contributed by atoms with van der Waals surface area (Å²) in [6, 6.07) is 4.34. The number of halogens is 4. The number of benzene rings is 1. The Morgan fingerprint density at radius 2 is 2.04 bits per heavy atom. The zero-order chi connectivity index (χ0) is 19.5. The van der Waals surface area contributed by atoms with Crippen molar-refractivity contribution in [2.45, 2.75) is 24.4 Å². The maximum Gasteiger partial charge on any atom is 0.422 e. The smallest absolute Gasteiger partial charge is 0.422 e. The highest BCUT2D eigenvalue weighted by Gasteiger charge is 2.30. The third kappa shape index (κ3) is 5.54. The number of nitrogens with zero attached hydrogens (tertiary/aromatic N) is 2. The lowest BCUT2D eigenvalue weighted by Crippen LogP contribution is -2.21. The third-order valence-corrected chi connectivity index (χ3v) is 5.75. The summed E-state index contributed by atoms with van der Waals surface area (Å²) in [6.07, 6.45) is -5.20. The lowest BCUT2D eigenvalue weighted by Gasteiger charge is -2.08. The highest BCUT2D eigenvalue weighted by molar-refractivity contribution is 7.93. The molecule has 0 aliphatic rings. The van der Waals surface area contributed by atoms with Crippen molar-refractivity contribution in [3.63, 3.8) is 0 Å². The van der Waals surface area contributed by atoms with Gasteiger partial charge in [-0.05, 0) is 24.6 Å². The highest BCUT2D eigenvalue weighted by atomic mass is 35.5. The first-order valence-electron chi connectivity index (χ1n) is 6.80. The van der Waals surface area contributed by atoms with Gasteiger partial charge in [0.15, 0.2) is 6.61 Å². The Bertz CT molecular complexity index is 916. The van der Waals surface area contributed by atoms with E-state index in [-0.39, 0.29) is 20.1 Å². The van der Waals surface area contributed by atoms with E-state index in [2.05, 4.69) is 19.7 Å². The molecule has 0 fully saturated rings. The number of aromatic nitrogens is 2. The van der Waals surface area contributed by atoms with Gasteiger partial charge in [0.25, 0.3) is 10.0 Å². The van der Waals surface area contributed by atoms with Gasteiger partial charge in [0, 0.05) is 5.02 Å². The topological polar surface area (TPSA) is 98.3 Å². The third-order valence-electron chi connectivity index (χ3n) is 2.89. The molecule has 0 bridgehead atoms. The van der Waals surface area contributed by atoms with Crippen LogP contribution < -0.4 is 4.72 Å². The Balaban J connectivity index is 2.06. The summed E-state index contributed by atoms with van der Waals surface area (Å²) in [7, 11) is -4.00. The number of rotatable bonds is 6. The molecule has 1 heterocycles. The summed E-state index contributed by atoms with van der Waals surface area (Å²) >= 11 is 6.60. The summed E-state index contributed by atoms with van der Waals surface area (Å²) in [5.74, 6) is -1.15. The summed E-state index contributed by atoms with van der Waals surface area (Å²) in [5.41, 5.74) is 0.335. The van der Waals surface area contributed by atoms with E-state index in [1.807, 2.05) is 0 Å². The molecule has 0 unspecified atom stereocenters. The molecule has 0 radical (unpaired) electrons. The van der Waals surface area contributed by atoms with Crippen LogP contribution in [0.25, 0.3) is 0 Å². The van der Waals surface area contributed by atoms with Crippen LogP contribution in [0.3, 0.4) is 0 Å². The van der Waals surface area contributed by atoms with Crippen molar-refractivity contribution in [3.8, 4) is 0 Å². The number of hydrogen-bond donors (Lipinski definition) is 1. The number of hydrogen-bond acceptors (Lipinski definition) is 7. The van der Waals surface area contributed by atoms with E-state index in [1.165, 1.54) is 25.1 Å². The second-order valence-corrected chi connectivity index (χ2v) is 8.04. The van der Waals surface area contributed by atoms with Gasteiger partial charge < -0.3 is 4.74 Å². The van der Waals surface area contributed by atoms with Crippen molar-refractivity contribution in [1.29, 1.82) is 0 Å². The number of alkyl halides is 3. The van der Waals surface area contributed by atoms with E-state index in [4.69, 9.17) is 11.6 Å². The Hall–Kier alpha value is -1.92. The molecule has 0 aliphatic carbocycles. The molecule has 0 atom stereocenters. The largest absolute Gasteiger partial charge is 0.456 e. The molecule has 26 heavy (non-hydrogen) atoms. The second kappa shape index (κ2) is 7.76. The predicted molar refractivity (Wildman–Crippen MR) is 87.6 cm³/mol. The monoisotopic (exact) mass is 429 g/mol. The Labute approximate surface area is 155 Å². The number of carbonyl (C=O) groups excluding carboxylic acids is 1. The fourth-order valence-electron chi connectivity index (χ4n) is 1.75. The molecule has 13 heteroatoms. The molecule has 2 rings (SSSR count). The Morgan fingerprint density at radius 1 is 1.35 bits per heavy atom. The van der Waals surface area contributed by atoms with Gasteiger partial charge in [0.05, 0.1) is 11.3 Å². The molecule has 7 nitrogen and oxygen atoms in total. The van der Waals surface area contributed by atoms with Gasteiger partial charge in [0.2, 0.25) is 5.13 Å². The number of nitrogens with one attached hydrogen (secondary N) is 1. The van der Waals surface area contributed by atoms with Crippen molar-refractivity contribution in [1.82, 2.24) is 10.2 Å². The van der Waals surface area contributed by atoms with E-state index in [0.29, 0.717) is 16.9 Å². The molecule has 1 N–H and O–H groups in total. The maximum absolute atomic E-state index is 12.4.